The van der Waals surface area contributed by atoms with Gasteiger partial charge in [-0.15, -0.1) is 0 Å². The average molecular weight is 280 g/mol. The zero-order chi connectivity index (χ0) is 14.0. The minimum atomic E-state index is -0.519. The molecule has 0 amide bonds. The summed E-state index contributed by atoms with van der Waals surface area (Å²) < 4.78 is 14.5. The van der Waals surface area contributed by atoms with E-state index in [1.54, 1.807) is 13.0 Å². The van der Waals surface area contributed by atoms with Crippen molar-refractivity contribution in [1.82, 2.24) is 4.68 Å². The summed E-state index contributed by atoms with van der Waals surface area (Å²) in [6.07, 6.45) is 1.17. The quantitative estimate of drug-likeness (QED) is 0.858. The summed E-state index contributed by atoms with van der Waals surface area (Å²) >= 11 is 5.85. The van der Waals surface area contributed by atoms with Crippen LogP contribution in [-0.2, 0) is 0 Å². The Hall–Kier alpha value is -2.14. The van der Waals surface area contributed by atoms with Crippen molar-refractivity contribution in [2.45, 2.75) is 6.92 Å². The molecule has 4 nitrogen and oxygen atoms in total. The SMILES string of the molecule is Cc1cc(N)n(/N=C\c2c(F)cccc2Cl)c(=O)c1. The summed E-state index contributed by atoms with van der Waals surface area (Å²) in [5.74, 6) is -0.344. The van der Waals surface area contributed by atoms with Gasteiger partial charge in [-0.05, 0) is 30.7 Å². The van der Waals surface area contributed by atoms with Gasteiger partial charge in [0.1, 0.15) is 11.6 Å². The van der Waals surface area contributed by atoms with Crippen molar-refractivity contribution in [3.63, 3.8) is 0 Å². The summed E-state index contributed by atoms with van der Waals surface area (Å²) in [5, 5.41) is 4.08. The lowest BCUT2D eigenvalue weighted by Crippen LogP contribution is -2.19. The molecule has 2 N–H and O–H groups in total. The lowest BCUT2D eigenvalue weighted by atomic mass is 10.2. The molecule has 2 aromatic rings. The standard InChI is InChI=1S/C13H11ClFN3O/c1-8-5-12(16)18(13(19)6-8)17-7-9-10(14)3-2-4-11(9)15/h2-7H,16H2,1H3/b17-7-. The molecule has 0 aliphatic carbocycles. The van der Waals surface area contributed by atoms with Gasteiger partial charge in [0.05, 0.1) is 11.2 Å². The lowest BCUT2D eigenvalue weighted by molar-refractivity contribution is 0.625. The highest BCUT2D eigenvalue weighted by molar-refractivity contribution is 6.33. The first-order valence-corrected chi connectivity index (χ1v) is 5.84. The van der Waals surface area contributed by atoms with Crippen LogP contribution in [0.15, 0.2) is 40.2 Å². The maximum Gasteiger partial charge on any atom is 0.273 e. The molecule has 98 valence electrons. The molecule has 19 heavy (non-hydrogen) atoms. The second-order valence-corrected chi connectivity index (χ2v) is 4.39. The molecule has 0 unspecified atom stereocenters. The van der Waals surface area contributed by atoms with Crippen molar-refractivity contribution < 1.29 is 4.39 Å². The molecule has 0 radical (unpaired) electrons. The van der Waals surface area contributed by atoms with Crippen LogP contribution in [0.1, 0.15) is 11.1 Å². The number of aromatic nitrogens is 1. The normalized spacial score (nSPS) is 11.1. The van der Waals surface area contributed by atoms with Gasteiger partial charge in [0.2, 0.25) is 0 Å². The molecule has 0 aliphatic rings. The van der Waals surface area contributed by atoms with Gasteiger partial charge in [-0.2, -0.15) is 9.78 Å². The van der Waals surface area contributed by atoms with E-state index in [9.17, 15) is 9.18 Å². The number of anilines is 1. The molecule has 1 aromatic heterocycles. The monoisotopic (exact) mass is 279 g/mol. The van der Waals surface area contributed by atoms with Gasteiger partial charge in [-0.3, -0.25) is 4.79 Å². The van der Waals surface area contributed by atoms with E-state index in [2.05, 4.69) is 5.10 Å². The van der Waals surface area contributed by atoms with Gasteiger partial charge >= 0.3 is 0 Å². The zero-order valence-electron chi connectivity index (χ0n) is 10.1. The summed E-state index contributed by atoms with van der Waals surface area (Å²) in [6.45, 7) is 1.75. The van der Waals surface area contributed by atoms with Crippen molar-refractivity contribution in [1.29, 1.82) is 0 Å². The van der Waals surface area contributed by atoms with E-state index in [4.69, 9.17) is 17.3 Å². The highest BCUT2D eigenvalue weighted by atomic mass is 35.5. The van der Waals surface area contributed by atoms with Gasteiger partial charge in [0, 0.05) is 11.6 Å². The van der Waals surface area contributed by atoms with E-state index in [-0.39, 0.29) is 22.0 Å². The molecule has 0 saturated carbocycles. The second kappa shape index (κ2) is 5.24. The number of nitrogen functional groups attached to an aromatic ring is 1. The third kappa shape index (κ3) is 2.82. The van der Waals surface area contributed by atoms with E-state index < -0.39 is 5.82 Å². The van der Waals surface area contributed by atoms with Gasteiger partial charge < -0.3 is 5.73 Å². The second-order valence-electron chi connectivity index (χ2n) is 3.99. The highest BCUT2D eigenvalue weighted by Crippen LogP contribution is 2.16. The molecule has 1 aromatic carbocycles. The van der Waals surface area contributed by atoms with Gasteiger partial charge in [0.15, 0.2) is 0 Å². The van der Waals surface area contributed by atoms with Gasteiger partial charge in [0.25, 0.3) is 5.56 Å². The number of nitrogens with two attached hydrogens (primary N) is 1. The largest absolute Gasteiger partial charge is 0.384 e. The molecule has 0 atom stereocenters. The Morgan fingerprint density at radius 1 is 1.42 bits per heavy atom. The van der Waals surface area contributed by atoms with Crippen molar-refractivity contribution in [3.8, 4) is 0 Å². The maximum atomic E-state index is 13.5. The van der Waals surface area contributed by atoms with Crippen molar-refractivity contribution in [2.75, 3.05) is 5.73 Å². The lowest BCUT2D eigenvalue weighted by Gasteiger charge is -2.04. The Morgan fingerprint density at radius 2 is 2.16 bits per heavy atom. The summed E-state index contributed by atoms with van der Waals surface area (Å²) in [5.41, 5.74) is 6.14. The van der Waals surface area contributed by atoms with Crippen LogP contribution in [0.25, 0.3) is 0 Å². The number of benzene rings is 1. The molecule has 0 saturated heterocycles. The molecule has 0 aliphatic heterocycles. The first-order valence-electron chi connectivity index (χ1n) is 5.46. The van der Waals surface area contributed by atoms with E-state index in [1.165, 1.54) is 30.5 Å². The van der Waals surface area contributed by atoms with Crippen LogP contribution >= 0.6 is 11.6 Å². The van der Waals surface area contributed by atoms with Gasteiger partial charge in [-0.25, -0.2) is 4.39 Å². The number of hydrogen-bond donors (Lipinski definition) is 1. The van der Waals surface area contributed by atoms with Crippen LogP contribution in [0.4, 0.5) is 10.2 Å². The maximum absolute atomic E-state index is 13.5. The summed E-state index contributed by atoms with van der Waals surface area (Å²) in [7, 11) is 0. The molecular weight excluding hydrogens is 269 g/mol. The molecule has 1 heterocycles. The van der Waals surface area contributed by atoms with E-state index in [0.29, 0.717) is 0 Å². The first-order chi connectivity index (χ1) is 8.99. The van der Waals surface area contributed by atoms with Crippen molar-refractivity contribution in [2.24, 2.45) is 5.10 Å². The summed E-state index contributed by atoms with van der Waals surface area (Å²) in [4.78, 5) is 11.7. The Morgan fingerprint density at radius 3 is 2.79 bits per heavy atom. The van der Waals surface area contributed by atoms with E-state index in [1.807, 2.05) is 0 Å². The third-order valence-electron chi connectivity index (χ3n) is 2.48. The number of pyridine rings is 1. The van der Waals surface area contributed by atoms with E-state index in [0.717, 1.165) is 10.2 Å². The smallest absolute Gasteiger partial charge is 0.273 e. The van der Waals surface area contributed by atoms with Crippen LogP contribution < -0.4 is 11.3 Å². The number of rotatable bonds is 2. The molecule has 6 heteroatoms. The fourth-order valence-electron chi connectivity index (χ4n) is 1.59. The van der Waals surface area contributed by atoms with Gasteiger partial charge in [-0.1, -0.05) is 17.7 Å². The topological polar surface area (TPSA) is 60.4 Å². The molecule has 0 spiro atoms. The molecule has 2 rings (SSSR count). The van der Waals surface area contributed by atoms with Crippen LogP contribution in [0.2, 0.25) is 5.02 Å². The Balaban J connectivity index is 2.47. The Kier molecular flexibility index (Phi) is 3.66. The van der Waals surface area contributed by atoms with Crippen LogP contribution in [-0.4, -0.2) is 10.9 Å². The molecular formula is C13H11ClFN3O. The predicted octanol–water partition coefficient (Wildman–Crippen LogP) is 2.41. The fraction of sp³-hybridized carbons (Fsp3) is 0.0769. The summed E-state index contributed by atoms with van der Waals surface area (Å²) in [6, 6.07) is 7.27. The minimum absolute atomic E-state index is 0.107. The molecule has 0 bridgehead atoms. The average Bonchev–Trinajstić information content (AvgIpc) is 2.31. The molecule has 0 fully saturated rings. The van der Waals surface area contributed by atoms with Crippen molar-refractivity contribution in [3.05, 3.63) is 62.7 Å². The highest BCUT2D eigenvalue weighted by Gasteiger charge is 2.05. The Labute approximate surface area is 113 Å². The van der Waals surface area contributed by atoms with Crippen LogP contribution in [0.3, 0.4) is 0 Å². The van der Waals surface area contributed by atoms with Crippen molar-refractivity contribution >= 4 is 23.6 Å². The van der Waals surface area contributed by atoms with Crippen LogP contribution in [0.5, 0.6) is 0 Å². The number of halogens is 2. The minimum Gasteiger partial charge on any atom is -0.384 e. The predicted molar refractivity (Wildman–Crippen MR) is 74.3 cm³/mol. The first kappa shape index (κ1) is 13.3. The van der Waals surface area contributed by atoms with Crippen LogP contribution in [0, 0.1) is 12.7 Å². The third-order valence-corrected chi connectivity index (χ3v) is 2.81. The zero-order valence-corrected chi connectivity index (χ0v) is 10.9. The van der Waals surface area contributed by atoms with E-state index >= 15 is 0 Å². The number of nitrogens with zero attached hydrogens (tertiary/aromatic N) is 2. The Bertz CT molecular complexity index is 689. The number of aryl methyl sites for hydroxylation is 1. The number of hydrogen-bond acceptors (Lipinski definition) is 3. The fourth-order valence-corrected chi connectivity index (χ4v) is 1.80.